The summed E-state index contributed by atoms with van der Waals surface area (Å²) in [6.45, 7) is 7.48. The Kier molecular flexibility index (Phi) is 4.99. The topological polar surface area (TPSA) is 69.3 Å². The minimum Gasteiger partial charge on any atom is -0.355 e. The van der Waals surface area contributed by atoms with Crippen LogP contribution in [0.25, 0.3) is 0 Å². The van der Waals surface area contributed by atoms with Gasteiger partial charge in [-0.1, -0.05) is 6.92 Å². The number of likely N-dealkylation sites (N-methyl/N-ethyl adjacent to an activating group) is 1. The molecular formula is C16H22N4O2. The monoisotopic (exact) mass is 302 g/mol. The van der Waals surface area contributed by atoms with Gasteiger partial charge in [0.1, 0.15) is 17.5 Å². The lowest BCUT2D eigenvalue weighted by molar-refractivity contribution is 0.112. The van der Waals surface area contributed by atoms with Crippen molar-refractivity contribution in [3.05, 3.63) is 27.0 Å². The van der Waals surface area contributed by atoms with Gasteiger partial charge >= 0.3 is 0 Å². The van der Waals surface area contributed by atoms with Crippen molar-refractivity contribution in [2.75, 3.05) is 38.1 Å². The molecule has 1 aliphatic heterocycles. The van der Waals surface area contributed by atoms with Crippen molar-refractivity contribution in [2.45, 2.75) is 26.8 Å². The van der Waals surface area contributed by atoms with Crippen LogP contribution in [0.5, 0.6) is 0 Å². The molecule has 0 radical (unpaired) electrons. The van der Waals surface area contributed by atoms with Crippen molar-refractivity contribution < 1.29 is 4.79 Å². The summed E-state index contributed by atoms with van der Waals surface area (Å²) < 4.78 is 1.60. The molecule has 0 saturated carbocycles. The molecule has 6 nitrogen and oxygen atoms in total. The fourth-order valence-electron chi connectivity index (χ4n) is 2.90. The Hall–Kier alpha value is -2.13. The highest BCUT2D eigenvalue weighted by Gasteiger charge is 2.24. The lowest BCUT2D eigenvalue weighted by atomic mass is 10.0. The Morgan fingerprint density at radius 3 is 2.41 bits per heavy atom. The van der Waals surface area contributed by atoms with Gasteiger partial charge in [-0.3, -0.25) is 14.2 Å². The maximum absolute atomic E-state index is 12.6. The van der Waals surface area contributed by atoms with E-state index in [9.17, 15) is 14.9 Å². The number of nitrogens with zero attached hydrogens (tertiary/aromatic N) is 4. The van der Waals surface area contributed by atoms with Crippen LogP contribution >= 0.6 is 0 Å². The second kappa shape index (κ2) is 6.75. The van der Waals surface area contributed by atoms with Crippen molar-refractivity contribution in [1.29, 1.82) is 5.26 Å². The first-order valence-electron chi connectivity index (χ1n) is 7.61. The third-order valence-electron chi connectivity index (χ3n) is 4.21. The zero-order chi connectivity index (χ0) is 16.3. The number of pyridine rings is 1. The van der Waals surface area contributed by atoms with E-state index in [0.717, 1.165) is 38.9 Å². The summed E-state index contributed by atoms with van der Waals surface area (Å²) in [4.78, 5) is 28.5. The van der Waals surface area contributed by atoms with Gasteiger partial charge in [0.2, 0.25) is 0 Å². The average Bonchev–Trinajstić information content (AvgIpc) is 2.51. The number of carbonyl (C=O) groups is 1. The number of aromatic nitrogens is 1. The minimum atomic E-state index is -0.290. The second-order valence-electron chi connectivity index (χ2n) is 5.71. The quantitative estimate of drug-likeness (QED) is 0.776. The Balaban J connectivity index is 2.67. The van der Waals surface area contributed by atoms with Gasteiger partial charge in [-0.05, 0) is 26.0 Å². The van der Waals surface area contributed by atoms with E-state index in [0.29, 0.717) is 23.5 Å². The number of aldehydes is 1. The molecule has 1 saturated heterocycles. The van der Waals surface area contributed by atoms with Crippen LogP contribution in [-0.2, 0) is 6.54 Å². The molecule has 6 heteroatoms. The van der Waals surface area contributed by atoms with Crippen LogP contribution in [0, 0.1) is 18.3 Å². The molecule has 2 rings (SSSR count). The molecule has 2 heterocycles. The number of piperazine rings is 1. The van der Waals surface area contributed by atoms with E-state index < -0.39 is 0 Å². The van der Waals surface area contributed by atoms with E-state index in [1.165, 1.54) is 0 Å². The molecule has 1 fully saturated rings. The highest BCUT2D eigenvalue weighted by Crippen LogP contribution is 2.24. The second-order valence-corrected chi connectivity index (χ2v) is 5.71. The summed E-state index contributed by atoms with van der Waals surface area (Å²) in [5.74, 6) is 0.673. The van der Waals surface area contributed by atoms with Gasteiger partial charge in [0, 0.05) is 32.7 Å². The molecule has 1 aliphatic rings. The normalized spacial score (nSPS) is 15.6. The van der Waals surface area contributed by atoms with Crippen molar-refractivity contribution in [2.24, 2.45) is 0 Å². The molecule has 0 amide bonds. The molecule has 0 unspecified atom stereocenters. The molecule has 0 aliphatic carbocycles. The first kappa shape index (κ1) is 16.2. The van der Waals surface area contributed by atoms with Crippen LogP contribution < -0.4 is 10.5 Å². The van der Waals surface area contributed by atoms with Gasteiger partial charge in [0.05, 0.1) is 5.56 Å². The van der Waals surface area contributed by atoms with Crippen LogP contribution in [0.1, 0.15) is 34.8 Å². The summed E-state index contributed by atoms with van der Waals surface area (Å²) in [6.07, 6.45) is 1.54. The van der Waals surface area contributed by atoms with Gasteiger partial charge in [-0.2, -0.15) is 5.26 Å². The van der Waals surface area contributed by atoms with E-state index in [4.69, 9.17) is 0 Å². The minimum absolute atomic E-state index is 0.0772. The van der Waals surface area contributed by atoms with Crippen LogP contribution in [-0.4, -0.2) is 49.0 Å². The first-order valence-corrected chi connectivity index (χ1v) is 7.61. The van der Waals surface area contributed by atoms with Crippen molar-refractivity contribution >= 4 is 12.1 Å². The van der Waals surface area contributed by atoms with E-state index in [1.54, 1.807) is 11.5 Å². The molecule has 22 heavy (non-hydrogen) atoms. The van der Waals surface area contributed by atoms with E-state index in [-0.39, 0.29) is 11.1 Å². The van der Waals surface area contributed by atoms with Gasteiger partial charge in [0.25, 0.3) is 5.56 Å². The fourth-order valence-corrected chi connectivity index (χ4v) is 2.90. The molecule has 0 N–H and O–H groups in total. The molecule has 0 bridgehead atoms. The molecule has 0 atom stereocenters. The lowest BCUT2D eigenvalue weighted by Crippen LogP contribution is -2.47. The highest BCUT2D eigenvalue weighted by atomic mass is 16.1. The SMILES string of the molecule is CCCn1c(N2CCN(C)CC2)c(C=O)c(C)c(C#N)c1=O. The maximum Gasteiger partial charge on any atom is 0.270 e. The number of hydrogen-bond acceptors (Lipinski definition) is 5. The largest absolute Gasteiger partial charge is 0.355 e. The molecule has 0 spiro atoms. The number of rotatable bonds is 4. The molecule has 1 aromatic heterocycles. The molecule has 1 aromatic rings. The third kappa shape index (κ3) is 2.77. The van der Waals surface area contributed by atoms with E-state index >= 15 is 0 Å². The van der Waals surface area contributed by atoms with Crippen LogP contribution in [0.3, 0.4) is 0 Å². The lowest BCUT2D eigenvalue weighted by Gasteiger charge is -2.36. The van der Waals surface area contributed by atoms with Gasteiger partial charge in [-0.25, -0.2) is 0 Å². The van der Waals surface area contributed by atoms with Crippen LogP contribution in [0.15, 0.2) is 4.79 Å². The molecular weight excluding hydrogens is 280 g/mol. The number of anilines is 1. The Morgan fingerprint density at radius 2 is 1.91 bits per heavy atom. The maximum atomic E-state index is 12.6. The van der Waals surface area contributed by atoms with Gasteiger partial charge in [-0.15, -0.1) is 0 Å². The fraction of sp³-hybridized carbons (Fsp3) is 0.562. The van der Waals surface area contributed by atoms with Crippen molar-refractivity contribution in [1.82, 2.24) is 9.47 Å². The van der Waals surface area contributed by atoms with Crippen LogP contribution in [0.4, 0.5) is 5.82 Å². The van der Waals surface area contributed by atoms with Gasteiger partial charge < -0.3 is 9.80 Å². The number of carbonyl (C=O) groups excluding carboxylic acids is 1. The predicted octanol–water partition coefficient (Wildman–Crippen LogP) is 1.00. The van der Waals surface area contributed by atoms with E-state index in [2.05, 4.69) is 16.8 Å². The summed E-state index contributed by atoms with van der Waals surface area (Å²) >= 11 is 0. The predicted molar refractivity (Wildman–Crippen MR) is 85.5 cm³/mol. The average molecular weight is 302 g/mol. The Bertz CT molecular complexity index is 664. The Morgan fingerprint density at radius 1 is 1.27 bits per heavy atom. The number of hydrogen-bond donors (Lipinski definition) is 0. The van der Waals surface area contributed by atoms with Crippen LogP contribution in [0.2, 0.25) is 0 Å². The summed E-state index contributed by atoms with van der Waals surface area (Å²) in [5.41, 5.74) is 0.743. The van der Waals surface area contributed by atoms with Crippen molar-refractivity contribution in [3.63, 3.8) is 0 Å². The molecule has 0 aromatic carbocycles. The van der Waals surface area contributed by atoms with E-state index in [1.807, 2.05) is 13.0 Å². The zero-order valence-electron chi connectivity index (χ0n) is 13.4. The highest BCUT2D eigenvalue weighted by molar-refractivity contribution is 5.86. The molecule has 118 valence electrons. The zero-order valence-corrected chi connectivity index (χ0v) is 13.4. The summed E-state index contributed by atoms with van der Waals surface area (Å²) in [7, 11) is 2.06. The summed E-state index contributed by atoms with van der Waals surface area (Å²) in [6, 6.07) is 1.96. The third-order valence-corrected chi connectivity index (χ3v) is 4.21. The van der Waals surface area contributed by atoms with Gasteiger partial charge in [0.15, 0.2) is 6.29 Å². The first-order chi connectivity index (χ1) is 10.5. The number of nitriles is 1. The van der Waals surface area contributed by atoms with Crippen molar-refractivity contribution in [3.8, 4) is 6.07 Å². The Labute approximate surface area is 130 Å². The standard InChI is InChI=1S/C16H22N4O2/c1-4-5-20-15(19-8-6-18(3)7-9-19)14(11-21)12(2)13(10-17)16(20)22/h11H,4-9H2,1-3H3. The summed E-state index contributed by atoms with van der Waals surface area (Å²) in [5, 5.41) is 9.25. The smallest absolute Gasteiger partial charge is 0.270 e.